The van der Waals surface area contributed by atoms with Crippen molar-refractivity contribution in [2.45, 2.75) is 203 Å². The molecule has 30 heteroatoms. The third-order valence-electron chi connectivity index (χ3n) is 19.8. The van der Waals surface area contributed by atoms with Gasteiger partial charge in [-0.3, -0.25) is 43.2 Å². The van der Waals surface area contributed by atoms with Crippen LogP contribution in [0.2, 0.25) is 10.0 Å². The number of ether oxygens (including phenoxy) is 5. The fourth-order valence-corrected chi connectivity index (χ4v) is 14.3. The molecule has 6 heterocycles. The van der Waals surface area contributed by atoms with Crippen LogP contribution >= 0.6 is 23.2 Å². The first-order valence-corrected chi connectivity index (χ1v) is 37.2. The van der Waals surface area contributed by atoms with Crippen molar-refractivity contribution >= 4 is 76.1 Å². The minimum Gasteiger partial charge on any atom is -0.507 e. The SMILES string of the molecule is CCCCCCCCCC(=O)Oc1cc(O)c2c(c1)[C@@H](C(=O)CCCCN(C)C)NC(=O)[C@H]1NC(=O)[C@H](CC(=O)[C@@H]3NC(=O)[C@H](CC(N)=O)CC(=O)[C@H](NC(=O)[C@H](CC)CC(C)C)[C@H](O)c4ccc(c(Cl)c4)Oc4cc3cc(c4O[C@@H]3O[C@H](CO)[C@@H](O)[C@H](O)[C@H]3O)Oc3ccc(cc3Cl)[C@H]1O)c1ccc(O)c-2c1. The predicted octanol–water partition coefficient (Wildman–Crippen LogP) is 7.84. The van der Waals surface area contributed by atoms with Gasteiger partial charge in [-0.1, -0.05) is 108 Å². The zero-order valence-corrected chi connectivity index (χ0v) is 62.5. The van der Waals surface area contributed by atoms with Gasteiger partial charge in [-0.15, -0.1) is 0 Å². The number of aromatic hydroxyl groups is 2. The van der Waals surface area contributed by atoms with Crippen molar-refractivity contribution < 1.29 is 108 Å². The van der Waals surface area contributed by atoms with Gasteiger partial charge in [-0.05, 0) is 141 Å². The summed E-state index contributed by atoms with van der Waals surface area (Å²) in [5.74, 6) is -17.2. The van der Waals surface area contributed by atoms with E-state index in [-0.39, 0.29) is 91.4 Å². The van der Waals surface area contributed by atoms with E-state index in [1.807, 2.05) is 32.8 Å². The number of nitrogens with one attached hydrogen (secondary N) is 4. The molecule has 1 saturated heterocycles. The molecule has 28 nitrogen and oxygen atoms in total. The molecule has 0 aromatic heterocycles. The van der Waals surface area contributed by atoms with Crippen molar-refractivity contribution in [1.82, 2.24) is 26.2 Å². The number of phenols is 2. The summed E-state index contributed by atoms with van der Waals surface area (Å²) in [4.78, 5) is 136. The van der Waals surface area contributed by atoms with E-state index < -0.39 is 192 Å². The van der Waals surface area contributed by atoms with Gasteiger partial charge < -0.3 is 96.4 Å². The minimum atomic E-state index is -2.15. The second-order valence-corrected chi connectivity index (χ2v) is 29.6. The summed E-state index contributed by atoms with van der Waals surface area (Å²) in [5, 5.41) is 103. The maximum absolute atomic E-state index is 16.3. The normalized spacial score (nSPS) is 24.1. The number of amides is 5. The van der Waals surface area contributed by atoms with Crippen LogP contribution in [0.4, 0.5) is 0 Å². The number of fused-ring (bicyclic) bond motifs is 15. The van der Waals surface area contributed by atoms with Gasteiger partial charge in [0, 0.05) is 55.2 Å². The van der Waals surface area contributed by atoms with E-state index in [1.54, 1.807) is 6.92 Å². The number of primary amides is 1. The van der Waals surface area contributed by atoms with Crippen molar-refractivity contribution in [3.05, 3.63) is 117 Å². The number of esters is 1. The number of aliphatic hydroxyl groups excluding tert-OH is 6. The van der Waals surface area contributed by atoms with Crippen molar-refractivity contribution in [3.63, 3.8) is 0 Å². The first-order valence-electron chi connectivity index (χ1n) is 36.5. The number of ketones is 3. The Kier molecular flexibility index (Phi) is 28.9. The third kappa shape index (κ3) is 20.4. The Balaban J connectivity index is 1.28. The Labute approximate surface area is 634 Å². The summed E-state index contributed by atoms with van der Waals surface area (Å²) in [6.07, 6.45) is -9.23. The molecule has 0 radical (unpaired) electrons. The van der Waals surface area contributed by atoms with E-state index in [0.717, 1.165) is 68.9 Å². The van der Waals surface area contributed by atoms with E-state index in [9.17, 15) is 55.2 Å². The second kappa shape index (κ2) is 37.5. The Morgan fingerprint density at radius 2 is 1.30 bits per heavy atom. The number of carbonyl (C=O) groups is 9. The maximum Gasteiger partial charge on any atom is 0.311 e. The van der Waals surface area contributed by atoms with Crippen LogP contribution in [-0.2, 0) is 47.9 Å². The van der Waals surface area contributed by atoms with Gasteiger partial charge in [0.2, 0.25) is 41.6 Å². The monoisotopic (exact) mass is 1540 g/mol. The molecule has 11 bridgehead atoms. The first-order chi connectivity index (χ1) is 51.4. The van der Waals surface area contributed by atoms with Crippen molar-refractivity contribution in [2.75, 3.05) is 27.2 Å². The fourth-order valence-electron chi connectivity index (χ4n) is 13.9. The number of rotatable bonds is 25. The van der Waals surface area contributed by atoms with Crippen molar-refractivity contribution in [3.8, 4) is 57.1 Å². The number of hydrogen-bond donors (Lipinski definition) is 13. The summed E-state index contributed by atoms with van der Waals surface area (Å²) < 4.78 is 31.2. The Bertz CT molecular complexity index is 4140. The summed E-state index contributed by atoms with van der Waals surface area (Å²) in [5.41, 5.74) is 4.26. The van der Waals surface area contributed by atoms with Crippen LogP contribution < -0.4 is 45.9 Å². The average molecular weight is 1540 g/mol. The van der Waals surface area contributed by atoms with Crippen LogP contribution in [0.3, 0.4) is 0 Å². The summed E-state index contributed by atoms with van der Waals surface area (Å²) in [6.45, 7) is 7.26. The number of nitrogens with two attached hydrogens (primary N) is 1. The number of halogens is 2. The zero-order valence-electron chi connectivity index (χ0n) is 61.0. The number of Topliss-reactive ketones (excluding diaryl/α,β-unsaturated/α-hetero) is 3. The number of benzene rings is 5. The number of aliphatic hydroxyl groups is 6. The van der Waals surface area contributed by atoms with E-state index in [0.29, 0.717) is 32.2 Å². The molecule has 5 aromatic rings. The molecular weight excluding hydrogens is 1440 g/mol. The smallest absolute Gasteiger partial charge is 0.311 e. The van der Waals surface area contributed by atoms with Crippen LogP contribution in [0, 0.1) is 17.8 Å². The predicted molar refractivity (Wildman–Crippen MR) is 393 cm³/mol. The van der Waals surface area contributed by atoms with Gasteiger partial charge in [-0.2, -0.15) is 0 Å². The lowest BCUT2D eigenvalue weighted by Crippen LogP contribution is -2.60. The highest BCUT2D eigenvalue weighted by atomic mass is 35.5. The highest BCUT2D eigenvalue weighted by molar-refractivity contribution is 6.32. The zero-order chi connectivity index (χ0) is 78.5. The highest BCUT2D eigenvalue weighted by Crippen LogP contribution is 2.50. The van der Waals surface area contributed by atoms with Gasteiger partial charge in [0.25, 0.3) is 0 Å². The van der Waals surface area contributed by atoms with Gasteiger partial charge in [-0.25, -0.2) is 0 Å². The van der Waals surface area contributed by atoms with Gasteiger partial charge >= 0.3 is 5.97 Å². The first kappa shape index (κ1) is 83.2. The van der Waals surface area contributed by atoms with Crippen LogP contribution in [0.1, 0.15) is 188 Å². The van der Waals surface area contributed by atoms with Crippen LogP contribution in [-0.4, -0.2) is 169 Å². The largest absolute Gasteiger partial charge is 0.507 e. The highest BCUT2D eigenvalue weighted by Gasteiger charge is 2.47. The van der Waals surface area contributed by atoms with Gasteiger partial charge in [0.05, 0.1) is 28.5 Å². The maximum atomic E-state index is 16.3. The van der Waals surface area contributed by atoms with Crippen LogP contribution in [0.5, 0.6) is 46.0 Å². The molecule has 5 aromatic carbocycles. The third-order valence-corrected chi connectivity index (χ3v) is 20.4. The number of carbonyl (C=O) groups excluding carboxylic acids is 9. The van der Waals surface area contributed by atoms with Gasteiger partial charge in [0.15, 0.2) is 28.8 Å². The van der Waals surface area contributed by atoms with E-state index in [4.69, 9.17) is 52.6 Å². The molecule has 11 rings (SSSR count). The number of nitrogens with zero attached hydrogens (tertiary/aromatic N) is 1. The lowest BCUT2D eigenvalue weighted by atomic mass is 9.84. The lowest BCUT2D eigenvalue weighted by Gasteiger charge is -2.39. The molecule has 108 heavy (non-hydrogen) atoms. The Hall–Kier alpha value is -8.81. The molecule has 14 N–H and O–H groups in total. The average Bonchev–Trinajstić information content (AvgIpc) is 0.764. The molecular formula is C78H96Cl2N6O22. The van der Waals surface area contributed by atoms with E-state index >= 15 is 28.8 Å². The molecule has 6 aliphatic rings. The quantitative estimate of drug-likeness (QED) is 0.0150. The van der Waals surface area contributed by atoms with Crippen LogP contribution in [0.15, 0.2) is 78.9 Å². The summed E-state index contributed by atoms with van der Waals surface area (Å²) in [6, 6.07) is 7.45. The molecule has 6 aliphatic heterocycles. The number of phenolic OH excluding ortho intramolecular Hbond substituents is 2. The number of unbranched alkanes of at least 4 members (excludes halogenated alkanes) is 7. The fraction of sp³-hybridized carbons (Fsp3) is 0.500. The summed E-state index contributed by atoms with van der Waals surface area (Å²) >= 11 is 14.2. The molecule has 0 saturated carbocycles. The standard InChI is InChI=1S/C78H96Cl2N6O22/c1-7-9-10-11-12-13-14-18-62(94)104-45-34-48-63(53(90)35-45)47-27-40(19-22-51(47)88)46-36-55(92)64-43-31-58(105-56-23-20-41(28-49(56)79)68(95)66(84-74(100)39(8-2)26-38(3)4)54(91)30-44(33-61(81)93)75(101)82-64)73(108-78-72(99)71(98)70(97)60(37-87)107-78)59(32-43)106-57-24-21-42(29-50(57)80)69(96)67(85-76(46)102)77(103)83-65(48)52(89)17-15-16-25-86(5)6/h19-24,27-29,31-32,34-35,38-39,44,46,60,64-72,78,87-88,90,95-99H,7-18,25-26,30,33,36-37H2,1-6H3,(H2,81,93)(H,82,101)(H,83,103)(H,84,100)(H,85,102)/t39-,44+,46-,60-,64-,65+,66+,67+,68-,69-,70-,71+,72-,78+/m1/s1. The van der Waals surface area contributed by atoms with E-state index in [1.165, 1.54) is 48.5 Å². The molecule has 584 valence electrons. The molecule has 5 amide bonds. The molecule has 0 aliphatic carbocycles. The molecule has 0 spiro atoms. The topological polar surface area (TPSA) is 439 Å². The van der Waals surface area contributed by atoms with Gasteiger partial charge in [0.1, 0.15) is 89.5 Å². The Morgan fingerprint density at radius 3 is 1.91 bits per heavy atom. The second-order valence-electron chi connectivity index (χ2n) is 28.7. The van der Waals surface area contributed by atoms with E-state index in [2.05, 4.69) is 28.2 Å². The summed E-state index contributed by atoms with van der Waals surface area (Å²) in [7, 11) is 3.68. The lowest BCUT2D eigenvalue weighted by molar-refractivity contribution is -0.277. The minimum absolute atomic E-state index is 0.00141. The molecule has 1 fully saturated rings. The molecule has 14 atom stereocenters. The number of hydrogen-bond acceptors (Lipinski definition) is 23. The molecule has 0 unspecified atom stereocenters. The van der Waals surface area contributed by atoms with Crippen molar-refractivity contribution in [2.24, 2.45) is 23.5 Å². The van der Waals surface area contributed by atoms with Crippen LogP contribution in [0.25, 0.3) is 11.1 Å². The Morgan fingerprint density at radius 1 is 0.667 bits per heavy atom. The van der Waals surface area contributed by atoms with Crippen molar-refractivity contribution in [1.29, 1.82) is 0 Å².